The van der Waals surface area contributed by atoms with Crippen molar-refractivity contribution in [2.75, 3.05) is 6.54 Å². The Hall–Kier alpha value is -2.35. The van der Waals surface area contributed by atoms with Crippen LogP contribution in [0.1, 0.15) is 48.4 Å². The molecule has 8 heteroatoms. The predicted octanol–water partition coefficient (Wildman–Crippen LogP) is 3.44. The number of likely N-dealkylation sites (tertiary alicyclic amines) is 1. The number of carbonyl (C=O) groups is 1. The highest BCUT2D eigenvalue weighted by atomic mass is 19.4. The molecular weight excluding hydrogens is 357 g/mol. The molecule has 0 bridgehead atoms. The summed E-state index contributed by atoms with van der Waals surface area (Å²) in [6.07, 6.45) is 2.77. The molecule has 0 aliphatic carbocycles. The van der Waals surface area contributed by atoms with Gasteiger partial charge in [0.15, 0.2) is 0 Å². The topological polar surface area (TPSA) is 75.0 Å². The number of piperidine rings is 1. The smallest absolute Gasteiger partial charge is 0.334 e. The number of halogens is 3. The van der Waals surface area contributed by atoms with Crippen LogP contribution in [0.15, 0.2) is 36.7 Å². The Balaban J connectivity index is 1.69. The minimum absolute atomic E-state index is 0.150. The molecule has 2 atom stereocenters. The van der Waals surface area contributed by atoms with E-state index in [1.165, 1.54) is 12.1 Å². The molecule has 2 aromatic rings. The van der Waals surface area contributed by atoms with Gasteiger partial charge in [0.25, 0.3) is 0 Å². The summed E-state index contributed by atoms with van der Waals surface area (Å²) < 4.78 is 38.4. The molecule has 0 saturated carbocycles. The summed E-state index contributed by atoms with van der Waals surface area (Å²) in [6, 6.07) is 4.21. The lowest BCUT2D eigenvalue weighted by atomic mass is 9.93. The highest BCUT2D eigenvalue weighted by Gasteiger charge is 2.33. The number of nitrogens with zero attached hydrogens (tertiary/aromatic N) is 2. The van der Waals surface area contributed by atoms with E-state index < -0.39 is 17.8 Å². The third-order valence-electron chi connectivity index (χ3n) is 5.02. The number of aromatic amines is 1. The van der Waals surface area contributed by atoms with Crippen molar-refractivity contribution in [2.24, 2.45) is 5.73 Å². The van der Waals surface area contributed by atoms with E-state index in [0.29, 0.717) is 19.4 Å². The maximum absolute atomic E-state index is 12.9. The standard InChI is InChI=1S/C19H23F3N4O/c20-19(21,22)15-7-5-14(6-8-15)17-3-1-2-10-26(17)18(27)16(23)9-4-13-11-24-25-12-13/h5-8,11-12,16-17H,1-4,9-10,23H2,(H,24,25). The molecule has 27 heavy (non-hydrogen) atoms. The Morgan fingerprint density at radius 2 is 2.04 bits per heavy atom. The molecule has 2 unspecified atom stereocenters. The highest BCUT2D eigenvalue weighted by Crippen LogP contribution is 2.34. The maximum atomic E-state index is 12.9. The summed E-state index contributed by atoms with van der Waals surface area (Å²) in [7, 11) is 0. The zero-order valence-electron chi connectivity index (χ0n) is 14.9. The minimum atomic E-state index is -4.37. The number of hydrogen-bond donors (Lipinski definition) is 2. The van der Waals surface area contributed by atoms with Gasteiger partial charge in [0.05, 0.1) is 23.8 Å². The molecule has 1 aliphatic heterocycles. The number of rotatable bonds is 5. The van der Waals surface area contributed by atoms with Crippen LogP contribution < -0.4 is 5.73 Å². The van der Waals surface area contributed by atoms with Crippen LogP contribution in [-0.2, 0) is 17.4 Å². The number of benzene rings is 1. The minimum Gasteiger partial charge on any atom is -0.334 e. The van der Waals surface area contributed by atoms with Crippen LogP contribution >= 0.6 is 0 Å². The van der Waals surface area contributed by atoms with E-state index >= 15 is 0 Å². The SMILES string of the molecule is NC(CCc1cn[nH]c1)C(=O)N1CCCCC1c1ccc(C(F)(F)F)cc1. The van der Waals surface area contributed by atoms with Crippen molar-refractivity contribution >= 4 is 5.91 Å². The number of H-pyrrole nitrogens is 1. The highest BCUT2D eigenvalue weighted by molar-refractivity contribution is 5.82. The first-order valence-electron chi connectivity index (χ1n) is 9.07. The first kappa shape index (κ1) is 19.4. The monoisotopic (exact) mass is 380 g/mol. The van der Waals surface area contributed by atoms with E-state index in [4.69, 9.17) is 5.73 Å². The van der Waals surface area contributed by atoms with Crippen LogP contribution in [0.25, 0.3) is 0 Å². The number of hydrogen-bond acceptors (Lipinski definition) is 3. The lowest BCUT2D eigenvalue weighted by molar-refractivity contribution is -0.138. The molecular formula is C19H23F3N4O. The van der Waals surface area contributed by atoms with Gasteiger partial charge in [-0.25, -0.2) is 0 Å². The molecule has 1 amide bonds. The number of nitrogens with one attached hydrogen (secondary N) is 1. The predicted molar refractivity (Wildman–Crippen MR) is 94.6 cm³/mol. The first-order chi connectivity index (χ1) is 12.9. The third-order valence-corrected chi connectivity index (χ3v) is 5.02. The van der Waals surface area contributed by atoms with Crippen molar-refractivity contribution in [1.29, 1.82) is 0 Å². The van der Waals surface area contributed by atoms with Crippen molar-refractivity contribution < 1.29 is 18.0 Å². The normalized spacial score (nSPS) is 19.1. The fourth-order valence-corrected chi connectivity index (χ4v) is 3.51. The van der Waals surface area contributed by atoms with Gasteiger partial charge < -0.3 is 10.6 Å². The average molecular weight is 380 g/mol. The van der Waals surface area contributed by atoms with Gasteiger partial charge in [-0.15, -0.1) is 0 Å². The number of alkyl halides is 3. The van der Waals surface area contributed by atoms with Gasteiger partial charge in [-0.1, -0.05) is 12.1 Å². The van der Waals surface area contributed by atoms with Gasteiger partial charge in [0.1, 0.15) is 0 Å². The van der Waals surface area contributed by atoms with Gasteiger partial charge >= 0.3 is 6.18 Å². The largest absolute Gasteiger partial charge is 0.416 e. The van der Waals surface area contributed by atoms with E-state index in [9.17, 15) is 18.0 Å². The van der Waals surface area contributed by atoms with Crippen LogP contribution in [0.2, 0.25) is 0 Å². The number of aromatic nitrogens is 2. The first-order valence-corrected chi connectivity index (χ1v) is 9.07. The Labute approximate surface area is 155 Å². The number of aryl methyl sites for hydroxylation is 1. The van der Waals surface area contributed by atoms with Gasteiger partial charge in [-0.3, -0.25) is 9.89 Å². The zero-order chi connectivity index (χ0) is 19.4. The Bertz CT molecular complexity index is 743. The fourth-order valence-electron chi connectivity index (χ4n) is 3.51. The molecule has 1 aromatic carbocycles. The van der Waals surface area contributed by atoms with Crippen molar-refractivity contribution in [3.8, 4) is 0 Å². The molecule has 0 radical (unpaired) electrons. The second kappa shape index (κ2) is 8.12. The van der Waals surface area contributed by atoms with Crippen LogP contribution in [0.4, 0.5) is 13.2 Å². The molecule has 1 saturated heterocycles. The summed E-state index contributed by atoms with van der Waals surface area (Å²) in [5.41, 5.74) is 7.14. The van der Waals surface area contributed by atoms with E-state index in [-0.39, 0.29) is 11.9 Å². The van der Waals surface area contributed by atoms with E-state index in [1.54, 1.807) is 17.3 Å². The number of amides is 1. The van der Waals surface area contributed by atoms with E-state index in [0.717, 1.165) is 42.5 Å². The summed E-state index contributed by atoms with van der Waals surface area (Å²) in [4.78, 5) is 14.6. The molecule has 2 heterocycles. The molecule has 3 N–H and O–H groups in total. The molecule has 1 fully saturated rings. The molecule has 1 aliphatic rings. The average Bonchev–Trinajstić information content (AvgIpc) is 3.18. The van der Waals surface area contributed by atoms with Crippen molar-refractivity contribution in [1.82, 2.24) is 15.1 Å². The second-order valence-electron chi connectivity index (χ2n) is 6.91. The lowest BCUT2D eigenvalue weighted by Gasteiger charge is -2.37. The van der Waals surface area contributed by atoms with Crippen LogP contribution in [0.5, 0.6) is 0 Å². The Morgan fingerprint density at radius 1 is 1.30 bits per heavy atom. The van der Waals surface area contributed by atoms with E-state index in [1.807, 2.05) is 0 Å². The zero-order valence-corrected chi connectivity index (χ0v) is 14.9. The summed E-state index contributed by atoms with van der Waals surface area (Å²) in [6.45, 7) is 0.573. The quantitative estimate of drug-likeness (QED) is 0.834. The lowest BCUT2D eigenvalue weighted by Crippen LogP contribution is -2.47. The summed E-state index contributed by atoms with van der Waals surface area (Å²) in [5, 5.41) is 6.59. The fraction of sp³-hybridized carbons (Fsp3) is 0.474. The van der Waals surface area contributed by atoms with Gasteiger partial charge in [-0.05, 0) is 55.4 Å². The van der Waals surface area contributed by atoms with Crippen LogP contribution in [0.3, 0.4) is 0 Å². The Kier molecular flexibility index (Phi) is 5.84. The van der Waals surface area contributed by atoms with Crippen LogP contribution in [0, 0.1) is 0 Å². The molecule has 3 rings (SSSR count). The van der Waals surface area contributed by atoms with E-state index in [2.05, 4.69) is 10.2 Å². The second-order valence-corrected chi connectivity index (χ2v) is 6.91. The Morgan fingerprint density at radius 3 is 2.67 bits per heavy atom. The van der Waals surface area contributed by atoms with Gasteiger partial charge in [-0.2, -0.15) is 18.3 Å². The number of carbonyl (C=O) groups excluding carboxylic acids is 1. The third kappa shape index (κ3) is 4.68. The van der Waals surface area contributed by atoms with Gasteiger partial charge in [0, 0.05) is 12.7 Å². The van der Waals surface area contributed by atoms with Crippen molar-refractivity contribution in [3.63, 3.8) is 0 Å². The molecule has 5 nitrogen and oxygen atoms in total. The summed E-state index contributed by atoms with van der Waals surface area (Å²) >= 11 is 0. The molecule has 0 spiro atoms. The van der Waals surface area contributed by atoms with Crippen molar-refractivity contribution in [3.05, 3.63) is 53.3 Å². The van der Waals surface area contributed by atoms with Crippen molar-refractivity contribution in [2.45, 2.75) is 50.4 Å². The molecule has 1 aromatic heterocycles. The maximum Gasteiger partial charge on any atom is 0.416 e. The molecule has 146 valence electrons. The van der Waals surface area contributed by atoms with Gasteiger partial charge in [0.2, 0.25) is 5.91 Å². The summed E-state index contributed by atoms with van der Waals surface area (Å²) in [5.74, 6) is -0.150. The van der Waals surface area contributed by atoms with Crippen LogP contribution in [-0.4, -0.2) is 33.6 Å². The number of nitrogens with two attached hydrogens (primary N) is 1.